The van der Waals surface area contributed by atoms with Crippen molar-refractivity contribution < 1.29 is 4.79 Å². The van der Waals surface area contributed by atoms with Crippen molar-refractivity contribution in [3.05, 3.63) is 36.4 Å². The van der Waals surface area contributed by atoms with Gasteiger partial charge in [-0.15, -0.1) is 0 Å². The molecule has 0 unspecified atom stereocenters. The fourth-order valence-corrected chi connectivity index (χ4v) is 3.34. The normalized spacial score (nSPS) is 24.9. The summed E-state index contributed by atoms with van der Waals surface area (Å²) >= 11 is 0. The molecule has 0 radical (unpaired) electrons. The van der Waals surface area contributed by atoms with Gasteiger partial charge in [-0.05, 0) is 38.8 Å². The Bertz CT molecular complexity index is 531. The summed E-state index contributed by atoms with van der Waals surface area (Å²) in [6.07, 6.45) is 11.9. The van der Waals surface area contributed by atoms with Crippen molar-refractivity contribution in [1.29, 1.82) is 0 Å². The van der Waals surface area contributed by atoms with E-state index in [0.29, 0.717) is 11.9 Å². The SMILES string of the molecule is CN(Cc1ncccn1)[C@H]1CCN(C(=O)[C@H]2CC=CCC2)C1. The van der Waals surface area contributed by atoms with Crippen LogP contribution >= 0.6 is 0 Å². The lowest BCUT2D eigenvalue weighted by Crippen LogP contribution is -2.39. The van der Waals surface area contributed by atoms with Gasteiger partial charge in [0.1, 0.15) is 5.82 Å². The van der Waals surface area contributed by atoms with Crippen LogP contribution in [0.5, 0.6) is 0 Å². The van der Waals surface area contributed by atoms with Crippen LogP contribution in [0.1, 0.15) is 31.5 Å². The number of hydrogen-bond donors (Lipinski definition) is 0. The van der Waals surface area contributed by atoms with Crippen LogP contribution in [-0.4, -0.2) is 51.9 Å². The van der Waals surface area contributed by atoms with Crippen molar-refractivity contribution in [2.45, 2.75) is 38.3 Å². The number of nitrogens with zero attached hydrogens (tertiary/aromatic N) is 4. The molecule has 0 aromatic carbocycles. The van der Waals surface area contributed by atoms with Gasteiger partial charge in [0.2, 0.25) is 5.91 Å². The van der Waals surface area contributed by atoms with Gasteiger partial charge < -0.3 is 4.90 Å². The maximum atomic E-state index is 12.6. The Kier molecular flexibility index (Phi) is 4.83. The lowest BCUT2D eigenvalue weighted by Gasteiger charge is -2.26. The highest BCUT2D eigenvalue weighted by Gasteiger charge is 2.32. The summed E-state index contributed by atoms with van der Waals surface area (Å²) in [6, 6.07) is 2.24. The van der Waals surface area contributed by atoms with E-state index in [4.69, 9.17) is 0 Å². The first kappa shape index (κ1) is 15.2. The van der Waals surface area contributed by atoms with Gasteiger partial charge in [0.25, 0.3) is 0 Å². The van der Waals surface area contributed by atoms with Crippen LogP contribution in [0.15, 0.2) is 30.6 Å². The fraction of sp³-hybridized carbons (Fsp3) is 0.588. The van der Waals surface area contributed by atoms with Crippen molar-refractivity contribution in [2.24, 2.45) is 5.92 Å². The topological polar surface area (TPSA) is 49.3 Å². The van der Waals surface area contributed by atoms with E-state index in [-0.39, 0.29) is 5.92 Å². The molecule has 1 aliphatic heterocycles. The molecule has 1 saturated heterocycles. The second kappa shape index (κ2) is 7.01. The van der Waals surface area contributed by atoms with Gasteiger partial charge in [0.15, 0.2) is 0 Å². The predicted molar refractivity (Wildman–Crippen MR) is 85.0 cm³/mol. The van der Waals surface area contributed by atoms with Gasteiger partial charge >= 0.3 is 0 Å². The third-order valence-electron chi connectivity index (χ3n) is 4.73. The monoisotopic (exact) mass is 300 g/mol. The zero-order valence-corrected chi connectivity index (χ0v) is 13.2. The van der Waals surface area contributed by atoms with E-state index in [0.717, 1.165) is 51.1 Å². The van der Waals surface area contributed by atoms with Crippen LogP contribution < -0.4 is 0 Å². The second-order valence-corrected chi connectivity index (χ2v) is 6.29. The Labute approximate surface area is 132 Å². The molecule has 0 bridgehead atoms. The minimum absolute atomic E-state index is 0.200. The van der Waals surface area contributed by atoms with Gasteiger partial charge in [0, 0.05) is 37.4 Å². The number of rotatable bonds is 4. The maximum Gasteiger partial charge on any atom is 0.226 e. The Morgan fingerprint density at radius 2 is 2.14 bits per heavy atom. The van der Waals surface area contributed by atoms with Crippen LogP contribution in [0.25, 0.3) is 0 Å². The molecule has 3 rings (SSSR count). The lowest BCUT2D eigenvalue weighted by molar-refractivity contribution is -0.134. The smallest absolute Gasteiger partial charge is 0.226 e. The molecule has 5 nitrogen and oxygen atoms in total. The van der Waals surface area contributed by atoms with E-state index in [2.05, 4.69) is 39.0 Å². The standard InChI is InChI=1S/C17H24N4O/c1-20(13-16-18-9-5-10-19-16)15-8-11-21(12-15)17(22)14-6-3-2-4-7-14/h2-3,5,9-10,14-15H,4,6-8,11-13H2,1H3/t14-,15-/m0/s1. The number of likely N-dealkylation sites (tertiary alicyclic amines) is 1. The van der Waals surface area contributed by atoms with E-state index in [1.54, 1.807) is 12.4 Å². The Morgan fingerprint density at radius 3 is 2.86 bits per heavy atom. The predicted octanol–water partition coefficient (Wildman–Crippen LogP) is 1.87. The largest absolute Gasteiger partial charge is 0.341 e. The van der Waals surface area contributed by atoms with Crippen molar-refractivity contribution in [3.8, 4) is 0 Å². The highest BCUT2D eigenvalue weighted by Crippen LogP contribution is 2.24. The number of aromatic nitrogens is 2. The summed E-state index contributed by atoms with van der Waals surface area (Å²) in [5, 5.41) is 0. The Morgan fingerprint density at radius 1 is 1.32 bits per heavy atom. The molecule has 5 heteroatoms. The number of carbonyl (C=O) groups is 1. The zero-order chi connectivity index (χ0) is 15.4. The summed E-state index contributed by atoms with van der Waals surface area (Å²) in [5.41, 5.74) is 0. The molecule has 0 N–H and O–H groups in total. The molecule has 1 aromatic heterocycles. The molecule has 0 spiro atoms. The van der Waals surface area contributed by atoms with Crippen LogP contribution in [0.2, 0.25) is 0 Å². The fourth-order valence-electron chi connectivity index (χ4n) is 3.34. The molecule has 1 fully saturated rings. The first-order valence-corrected chi connectivity index (χ1v) is 8.14. The summed E-state index contributed by atoms with van der Waals surface area (Å²) in [6.45, 7) is 2.45. The Hall–Kier alpha value is -1.75. The van der Waals surface area contributed by atoms with Gasteiger partial charge in [0.05, 0.1) is 6.54 Å². The van der Waals surface area contributed by atoms with E-state index < -0.39 is 0 Å². The number of likely N-dealkylation sites (N-methyl/N-ethyl adjacent to an activating group) is 1. The third-order valence-corrected chi connectivity index (χ3v) is 4.73. The summed E-state index contributed by atoms with van der Waals surface area (Å²) < 4.78 is 0. The lowest BCUT2D eigenvalue weighted by atomic mass is 9.93. The van der Waals surface area contributed by atoms with Crippen molar-refractivity contribution in [1.82, 2.24) is 19.8 Å². The van der Waals surface area contributed by atoms with E-state index in [9.17, 15) is 4.79 Å². The third kappa shape index (κ3) is 3.53. The van der Waals surface area contributed by atoms with Crippen molar-refractivity contribution in [3.63, 3.8) is 0 Å². The molecule has 1 aromatic rings. The minimum atomic E-state index is 0.200. The Balaban J connectivity index is 1.53. The van der Waals surface area contributed by atoms with E-state index in [1.165, 1.54) is 0 Å². The van der Waals surface area contributed by atoms with Crippen LogP contribution in [0, 0.1) is 5.92 Å². The molecule has 0 saturated carbocycles. The molecular weight excluding hydrogens is 276 g/mol. The van der Waals surface area contributed by atoms with E-state index in [1.807, 2.05) is 6.07 Å². The van der Waals surface area contributed by atoms with Crippen molar-refractivity contribution in [2.75, 3.05) is 20.1 Å². The average molecular weight is 300 g/mol. The highest BCUT2D eigenvalue weighted by molar-refractivity contribution is 5.79. The van der Waals surface area contributed by atoms with Crippen molar-refractivity contribution >= 4 is 5.91 Å². The molecule has 2 heterocycles. The van der Waals surface area contributed by atoms with Gasteiger partial charge in [-0.3, -0.25) is 9.69 Å². The molecule has 22 heavy (non-hydrogen) atoms. The molecule has 2 atom stereocenters. The highest BCUT2D eigenvalue weighted by atomic mass is 16.2. The molecule has 118 valence electrons. The number of carbonyl (C=O) groups excluding carboxylic acids is 1. The van der Waals surface area contributed by atoms with Crippen LogP contribution in [0.4, 0.5) is 0 Å². The number of hydrogen-bond acceptors (Lipinski definition) is 4. The van der Waals surface area contributed by atoms with Gasteiger partial charge in [-0.2, -0.15) is 0 Å². The molecule has 1 amide bonds. The maximum absolute atomic E-state index is 12.6. The molecular formula is C17H24N4O. The van der Waals surface area contributed by atoms with Crippen LogP contribution in [-0.2, 0) is 11.3 Å². The zero-order valence-electron chi connectivity index (χ0n) is 13.2. The summed E-state index contributed by atoms with van der Waals surface area (Å²) in [4.78, 5) is 25.4. The first-order valence-electron chi connectivity index (χ1n) is 8.14. The minimum Gasteiger partial charge on any atom is -0.341 e. The number of amides is 1. The van der Waals surface area contributed by atoms with Gasteiger partial charge in [-0.1, -0.05) is 12.2 Å². The quantitative estimate of drug-likeness (QED) is 0.797. The second-order valence-electron chi connectivity index (χ2n) is 6.29. The van der Waals surface area contributed by atoms with E-state index >= 15 is 0 Å². The first-order chi connectivity index (χ1) is 10.7. The molecule has 2 aliphatic rings. The van der Waals surface area contributed by atoms with Gasteiger partial charge in [-0.25, -0.2) is 9.97 Å². The number of allylic oxidation sites excluding steroid dienone is 2. The molecule has 1 aliphatic carbocycles. The summed E-state index contributed by atoms with van der Waals surface area (Å²) in [5.74, 6) is 1.38. The van der Waals surface area contributed by atoms with Crippen LogP contribution in [0.3, 0.4) is 0 Å². The average Bonchev–Trinajstić information content (AvgIpc) is 3.06. The summed E-state index contributed by atoms with van der Waals surface area (Å²) in [7, 11) is 2.10.